The Morgan fingerprint density at radius 3 is 2.35 bits per heavy atom. The lowest BCUT2D eigenvalue weighted by Crippen LogP contribution is -2.36. The molecule has 1 atom stereocenters. The van der Waals surface area contributed by atoms with Gasteiger partial charge in [0.15, 0.2) is 17.2 Å². The highest BCUT2D eigenvalue weighted by atomic mass is 19.1. The molecule has 0 fully saturated rings. The Labute approximate surface area is 177 Å². The largest absolute Gasteiger partial charge is 0.435 e. The number of aromatic nitrogens is 3. The third kappa shape index (κ3) is 2.53. The predicted molar refractivity (Wildman–Crippen MR) is 118 cm³/mol. The van der Waals surface area contributed by atoms with Crippen LogP contribution in [0.25, 0.3) is 22.1 Å². The lowest BCUT2D eigenvalue weighted by molar-refractivity contribution is 0.569. The van der Waals surface area contributed by atoms with Gasteiger partial charge >= 0.3 is 0 Å². The van der Waals surface area contributed by atoms with Crippen molar-refractivity contribution in [2.75, 3.05) is 9.80 Å². The van der Waals surface area contributed by atoms with Crippen LogP contribution >= 0.6 is 0 Å². The smallest absolute Gasteiger partial charge is 0.230 e. The summed E-state index contributed by atoms with van der Waals surface area (Å²) in [5, 5.41) is 1.67. The molecule has 0 bridgehead atoms. The number of hydrogen-bond donors (Lipinski definition) is 0. The SMILES string of the molecule is Cc1ccc2c(oc3nc(F)ccc32)c1N1c2nccnc2N(c2ccccc2)C1C. The standard InChI is InChI=1S/C24H18FN5O/c1-14-8-9-17-18-10-11-19(25)28-24(18)31-21(17)20(14)30-15(2)29(16-6-4-3-5-7-16)22-23(30)27-13-12-26-22/h3-13,15H,1-2H3. The third-order valence-electron chi connectivity index (χ3n) is 5.79. The maximum Gasteiger partial charge on any atom is 0.230 e. The van der Waals surface area contributed by atoms with Crippen LogP contribution in [0, 0.1) is 12.9 Å². The highest BCUT2D eigenvalue weighted by molar-refractivity contribution is 6.09. The fourth-order valence-electron chi connectivity index (χ4n) is 4.43. The molecule has 0 saturated carbocycles. The first-order valence-electron chi connectivity index (χ1n) is 10.1. The Morgan fingerprint density at radius 1 is 0.871 bits per heavy atom. The lowest BCUT2D eigenvalue weighted by Gasteiger charge is -2.30. The van der Waals surface area contributed by atoms with Crippen molar-refractivity contribution in [2.24, 2.45) is 0 Å². The van der Waals surface area contributed by atoms with Gasteiger partial charge in [-0.05, 0) is 43.7 Å². The summed E-state index contributed by atoms with van der Waals surface area (Å²) in [6.45, 7) is 4.14. The van der Waals surface area contributed by atoms with Crippen LogP contribution in [-0.2, 0) is 0 Å². The Kier molecular flexibility index (Phi) is 3.74. The van der Waals surface area contributed by atoms with Gasteiger partial charge in [-0.15, -0.1) is 0 Å². The van der Waals surface area contributed by atoms with Crippen molar-refractivity contribution in [3.05, 3.63) is 78.5 Å². The number of halogens is 1. The van der Waals surface area contributed by atoms with Crippen molar-refractivity contribution >= 4 is 45.1 Å². The molecule has 5 aromatic rings. The van der Waals surface area contributed by atoms with Crippen LogP contribution < -0.4 is 9.80 Å². The van der Waals surface area contributed by atoms with Crippen LogP contribution in [0.1, 0.15) is 12.5 Å². The number of benzene rings is 2. The molecule has 6 nitrogen and oxygen atoms in total. The van der Waals surface area contributed by atoms with E-state index >= 15 is 0 Å². The Balaban J connectivity index is 1.62. The molecular weight excluding hydrogens is 393 g/mol. The van der Waals surface area contributed by atoms with Crippen LogP contribution in [0.5, 0.6) is 0 Å². The quantitative estimate of drug-likeness (QED) is 0.339. The molecule has 0 radical (unpaired) electrons. The van der Waals surface area contributed by atoms with Gasteiger partial charge in [0.1, 0.15) is 6.17 Å². The minimum Gasteiger partial charge on any atom is -0.435 e. The molecule has 0 spiro atoms. The van der Waals surface area contributed by atoms with Crippen molar-refractivity contribution in [3.63, 3.8) is 0 Å². The van der Waals surface area contributed by atoms with Crippen molar-refractivity contribution in [3.8, 4) is 0 Å². The number of aryl methyl sites for hydroxylation is 1. The normalized spacial score (nSPS) is 15.8. The Bertz CT molecular complexity index is 1450. The molecule has 1 aliphatic heterocycles. The van der Waals surface area contributed by atoms with Crippen molar-refractivity contribution < 1.29 is 8.81 Å². The summed E-state index contributed by atoms with van der Waals surface area (Å²) in [7, 11) is 0. The molecule has 152 valence electrons. The van der Waals surface area contributed by atoms with E-state index in [1.165, 1.54) is 6.07 Å². The van der Waals surface area contributed by atoms with E-state index < -0.39 is 5.95 Å². The monoisotopic (exact) mass is 411 g/mol. The number of fused-ring (bicyclic) bond motifs is 4. The van der Waals surface area contributed by atoms with Crippen LogP contribution in [0.2, 0.25) is 0 Å². The van der Waals surface area contributed by atoms with Gasteiger partial charge in [-0.25, -0.2) is 9.97 Å². The van der Waals surface area contributed by atoms with Gasteiger partial charge in [0, 0.05) is 28.9 Å². The summed E-state index contributed by atoms with van der Waals surface area (Å²) in [5.74, 6) is 0.956. The van der Waals surface area contributed by atoms with Gasteiger partial charge in [-0.2, -0.15) is 9.37 Å². The summed E-state index contributed by atoms with van der Waals surface area (Å²) in [6.07, 6.45) is 3.28. The van der Waals surface area contributed by atoms with E-state index in [-0.39, 0.29) is 11.9 Å². The molecule has 0 aliphatic carbocycles. The molecule has 1 aliphatic rings. The fourth-order valence-corrected chi connectivity index (χ4v) is 4.43. The van der Waals surface area contributed by atoms with Crippen LogP contribution in [-0.4, -0.2) is 21.1 Å². The zero-order chi connectivity index (χ0) is 21.1. The second-order valence-corrected chi connectivity index (χ2v) is 7.61. The van der Waals surface area contributed by atoms with Gasteiger partial charge < -0.3 is 9.32 Å². The Hall–Kier alpha value is -4.00. The van der Waals surface area contributed by atoms with E-state index in [9.17, 15) is 4.39 Å². The molecule has 0 amide bonds. The minimum absolute atomic E-state index is 0.109. The summed E-state index contributed by atoms with van der Waals surface area (Å²) in [6, 6.07) is 17.2. The molecule has 2 aromatic carbocycles. The molecule has 6 rings (SSSR count). The predicted octanol–water partition coefficient (Wildman–Crippen LogP) is 5.85. The van der Waals surface area contributed by atoms with E-state index in [0.717, 1.165) is 39.3 Å². The van der Waals surface area contributed by atoms with Gasteiger partial charge in [0.25, 0.3) is 0 Å². The molecule has 31 heavy (non-hydrogen) atoms. The average Bonchev–Trinajstić information content (AvgIpc) is 3.28. The molecular formula is C24H18FN5O. The highest BCUT2D eigenvalue weighted by Crippen LogP contribution is 2.48. The van der Waals surface area contributed by atoms with Crippen molar-refractivity contribution in [1.29, 1.82) is 0 Å². The van der Waals surface area contributed by atoms with E-state index in [4.69, 9.17) is 4.42 Å². The summed E-state index contributed by atoms with van der Waals surface area (Å²) < 4.78 is 19.8. The summed E-state index contributed by atoms with van der Waals surface area (Å²) in [4.78, 5) is 17.5. The number of pyridine rings is 1. The Morgan fingerprint density at radius 2 is 1.58 bits per heavy atom. The number of anilines is 4. The molecule has 3 aromatic heterocycles. The molecule has 7 heteroatoms. The van der Waals surface area contributed by atoms with Crippen molar-refractivity contribution in [2.45, 2.75) is 20.0 Å². The first-order valence-corrected chi connectivity index (χ1v) is 10.1. The molecule has 0 saturated heterocycles. The fraction of sp³-hybridized carbons (Fsp3) is 0.125. The highest BCUT2D eigenvalue weighted by Gasteiger charge is 2.39. The van der Waals surface area contributed by atoms with E-state index in [1.54, 1.807) is 18.5 Å². The maximum atomic E-state index is 13.7. The van der Waals surface area contributed by atoms with E-state index in [1.807, 2.05) is 37.3 Å². The minimum atomic E-state index is -0.564. The van der Waals surface area contributed by atoms with E-state index in [0.29, 0.717) is 5.58 Å². The van der Waals surface area contributed by atoms with Crippen LogP contribution in [0.15, 0.2) is 71.4 Å². The van der Waals surface area contributed by atoms with Gasteiger partial charge in [-0.3, -0.25) is 4.90 Å². The topological polar surface area (TPSA) is 58.3 Å². The molecule has 0 N–H and O–H groups in total. The van der Waals surface area contributed by atoms with Gasteiger partial charge in [-0.1, -0.05) is 30.3 Å². The van der Waals surface area contributed by atoms with Gasteiger partial charge in [0.2, 0.25) is 11.7 Å². The second kappa shape index (κ2) is 6.50. The second-order valence-electron chi connectivity index (χ2n) is 7.61. The number of hydrogen-bond acceptors (Lipinski definition) is 6. The third-order valence-corrected chi connectivity index (χ3v) is 5.79. The maximum absolute atomic E-state index is 13.7. The summed E-state index contributed by atoms with van der Waals surface area (Å²) in [5.41, 5.74) is 3.87. The number of furan rings is 1. The summed E-state index contributed by atoms with van der Waals surface area (Å²) >= 11 is 0. The first kappa shape index (κ1) is 17.8. The number of rotatable bonds is 2. The van der Waals surface area contributed by atoms with Crippen LogP contribution in [0.4, 0.5) is 27.4 Å². The first-order chi connectivity index (χ1) is 15.1. The van der Waals surface area contributed by atoms with Gasteiger partial charge in [0.05, 0.1) is 5.69 Å². The van der Waals surface area contributed by atoms with Crippen LogP contribution in [0.3, 0.4) is 0 Å². The number of nitrogens with zero attached hydrogens (tertiary/aromatic N) is 5. The number of para-hydroxylation sites is 1. The lowest BCUT2D eigenvalue weighted by atomic mass is 10.1. The molecule has 1 unspecified atom stereocenters. The zero-order valence-electron chi connectivity index (χ0n) is 17.0. The average molecular weight is 411 g/mol. The van der Waals surface area contributed by atoms with E-state index in [2.05, 4.69) is 43.8 Å². The molecule has 4 heterocycles. The van der Waals surface area contributed by atoms with Crippen molar-refractivity contribution in [1.82, 2.24) is 15.0 Å². The zero-order valence-corrected chi connectivity index (χ0v) is 17.0.